The van der Waals surface area contributed by atoms with Gasteiger partial charge in [0.1, 0.15) is 0 Å². The molecule has 0 bridgehead atoms. The van der Waals surface area contributed by atoms with Gasteiger partial charge >= 0.3 is 20.7 Å². The number of hydrogen-bond donors (Lipinski definition) is 0. The van der Waals surface area contributed by atoms with E-state index >= 15 is 0 Å². The van der Waals surface area contributed by atoms with Crippen LogP contribution >= 0.6 is 0 Å². The zero-order valence-electron chi connectivity index (χ0n) is 18.6. The predicted octanol–water partition coefficient (Wildman–Crippen LogP) is 1.73. The summed E-state index contributed by atoms with van der Waals surface area (Å²) < 4.78 is 29.8. The molecule has 0 N–H and O–H groups in total. The van der Waals surface area contributed by atoms with E-state index in [-0.39, 0.29) is 12.8 Å². The van der Waals surface area contributed by atoms with Crippen molar-refractivity contribution in [1.29, 1.82) is 0 Å². The second-order valence-corrected chi connectivity index (χ2v) is 8.49. The Morgan fingerprint density at radius 1 is 0.714 bits per heavy atom. The van der Waals surface area contributed by atoms with Crippen molar-refractivity contribution in [2.75, 3.05) is 26.6 Å². The van der Waals surface area contributed by atoms with Crippen LogP contribution in [-0.2, 0) is 41.6 Å². The van der Waals surface area contributed by atoms with Crippen molar-refractivity contribution in [3.05, 3.63) is 0 Å². The second-order valence-electron chi connectivity index (χ2n) is 5.49. The van der Waals surface area contributed by atoms with Crippen molar-refractivity contribution >= 4 is 37.2 Å². The lowest BCUT2D eigenvalue weighted by Gasteiger charge is -2.25. The van der Waals surface area contributed by atoms with Crippen LogP contribution in [-0.4, -0.2) is 63.8 Å². The first-order valence-electron chi connectivity index (χ1n) is 9.31. The molecular formula is C17H38O9Si2. The Kier molecular flexibility index (Phi) is 24.7. The summed E-state index contributed by atoms with van der Waals surface area (Å²) in [4.78, 5) is 29.6. The van der Waals surface area contributed by atoms with E-state index in [0.29, 0.717) is 10.5 Å². The van der Waals surface area contributed by atoms with Gasteiger partial charge in [-0.1, -0.05) is 20.8 Å². The summed E-state index contributed by atoms with van der Waals surface area (Å²) in [5.74, 6) is -1.11. The van der Waals surface area contributed by atoms with Gasteiger partial charge in [0, 0.05) is 47.1 Å². The first-order chi connectivity index (χ1) is 13.1. The summed E-state index contributed by atoms with van der Waals surface area (Å²) in [6.07, 6.45) is 3.02. The molecule has 0 spiro atoms. The van der Waals surface area contributed by atoms with Crippen LogP contribution in [0.15, 0.2) is 0 Å². The molecule has 11 heteroatoms. The van der Waals surface area contributed by atoms with Gasteiger partial charge in [-0.05, 0) is 19.3 Å². The fourth-order valence-electron chi connectivity index (χ4n) is 1.18. The van der Waals surface area contributed by atoms with Gasteiger partial charge < -0.3 is 27.2 Å². The summed E-state index contributed by atoms with van der Waals surface area (Å²) in [5, 5.41) is 0. The van der Waals surface area contributed by atoms with Crippen LogP contribution in [0.4, 0.5) is 0 Å². The standard InChI is InChI=1S/C10H24O3Si.C5H8O4.C2H6O2Si/c1-5-8-11-14(4,12-9-6-2)13-10-7-3;1-4(6)8-3-9-5(2)7;1-2(3)4-5/h5-10H2,1-4H3;3H2,1-2H3;1,5H3. The third-order valence-electron chi connectivity index (χ3n) is 2.52. The van der Waals surface area contributed by atoms with Crippen LogP contribution in [0.1, 0.15) is 60.8 Å². The largest absolute Gasteiger partial charge is 0.529 e. The molecule has 0 atom stereocenters. The van der Waals surface area contributed by atoms with Gasteiger partial charge in [-0.2, -0.15) is 0 Å². The summed E-state index contributed by atoms with van der Waals surface area (Å²) in [6.45, 7) is 14.0. The molecule has 0 aromatic carbocycles. The summed E-state index contributed by atoms with van der Waals surface area (Å²) in [5.41, 5.74) is 0. The molecular weight excluding hydrogens is 404 g/mol. The van der Waals surface area contributed by atoms with Gasteiger partial charge in [-0.25, -0.2) is 0 Å². The molecule has 168 valence electrons. The highest BCUT2D eigenvalue weighted by Gasteiger charge is 2.33. The van der Waals surface area contributed by atoms with Crippen molar-refractivity contribution in [3.8, 4) is 0 Å². The van der Waals surface area contributed by atoms with Gasteiger partial charge in [-0.15, -0.1) is 0 Å². The Labute approximate surface area is 173 Å². The van der Waals surface area contributed by atoms with Gasteiger partial charge in [0.25, 0.3) is 5.97 Å². The average molecular weight is 443 g/mol. The highest BCUT2D eigenvalue weighted by Crippen LogP contribution is 2.10. The maximum atomic E-state index is 10.0. The van der Waals surface area contributed by atoms with Crippen LogP contribution < -0.4 is 0 Å². The summed E-state index contributed by atoms with van der Waals surface area (Å²) in [6, 6.07) is 0. The molecule has 28 heavy (non-hydrogen) atoms. The zero-order chi connectivity index (χ0) is 22.4. The number of carbonyl (C=O) groups excluding carboxylic acids is 3. The molecule has 0 unspecified atom stereocenters. The van der Waals surface area contributed by atoms with Crippen LogP contribution in [0.25, 0.3) is 0 Å². The first-order valence-corrected chi connectivity index (χ1v) is 12.4. The molecule has 0 aliphatic carbocycles. The van der Waals surface area contributed by atoms with Crippen molar-refractivity contribution in [1.82, 2.24) is 0 Å². The molecule has 0 saturated heterocycles. The number of esters is 2. The SMILES string of the molecule is CC(=O)OCOC(C)=O.CC(=O)O[SiH3].CCCO[Si](C)(OCCC)OCCC. The smallest absolute Gasteiger partial charge is 0.497 e. The Balaban J connectivity index is -0.000000381. The van der Waals surface area contributed by atoms with Gasteiger partial charge in [0.15, 0.2) is 0 Å². The lowest BCUT2D eigenvalue weighted by Crippen LogP contribution is -2.43. The van der Waals surface area contributed by atoms with Crippen LogP contribution in [0.5, 0.6) is 0 Å². The van der Waals surface area contributed by atoms with E-state index in [2.05, 4.69) is 34.7 Å². The summed E-state index contributed by atoms with van der Waals surface area (Å²) in [7, 11) is -1.79. The molecule has 0 aromatic heterocycles. The first kappa shape index (κ1) is 31.4. The van der Waals surface area contributed by atoms with Crippen molar-refractivity contribution in [3.63, 3.8) is 0 Å². The zero-order valence-corrected chi connectivity index (χ0v) is 21.6. The van der Waals surface area contributed by atoms with Crippen molar-refractivity contribution in [2.24, 2.45) is 0 Å². The van der Waals surface area contributed by atoms with E-state index in [0.717, 1.165) is 39.1 Å². The van der Waals surface area contributed by atoms with E-state index in [1.165, 1.54) is 20.8 Å². The van der Waals surface area contributed by atoms with E-state index < -0.39 is 20.7 Å². The normalized spacial score (nSPS) is 9.96. The van der Waals surface area contributed by atoms with E-state index in [1.807, 2.05) is 6.55 Å². The molecule has 0 radical (unpaired) electrons. The quantitative estimate of drug-likeness (QED) is 0.268. The number of ether oxygens (including phenoxy) is 2. The molecule has 0 aliphatic rings. The Bertz CT molecular complexity index is 370. The van der Waals surface area contributed by atoms with E-state index in [9.17, 15) is 14.4 Å². The summed E-state index contributed by atoms with van der Waals surface area (Å²) >= 11 is 0. The van der Waals surface area contributed by atoms with Gasteiger partial charge in [0.2, 0.25) is 17.3 Å². The minimum atomic E-state index is -2.31. The number of carbonyl (C=O) groups is 3. The highest BCUT2D eigenvalue weighted by atomic mass is 28.4. The van der Waals surface area contributed by atoms with Gasteiger partial charge in [0.05, 0.1) is 0 Å². The monoisotopic (exact) mass is 442 g/mol. The van der Waals surface area contributed by atoms with Crippen molar-refractivity contribution in [2.45, 2.75) is 67.4 Å². The van der Waals surface area contributed by atoms with Crippen LogP contribution in [0.2, 0.25) is 6.55 Å². The molecule has 0 heterocycles. The topological polar surface area (TPSA) is 107 Å². The fourth-order valence-corrected chi connectivity index (χ4v) is 3.16. The minimum absolute atomic E-state index is 0.184. The van der Waals surface area contributed by atoms with E-state index in [1.54, 1.807) is 0 Å². The van der Waals surface area contributed by atoms with E-state index in [4.69, 9.17) is 13.3 Å². The van der Waals surface area contributed by atoms with Crippen LogP contribution in [0.3, 0.4) is 0 Å². The molecule has 0 aliphatic heterocycles. The Morgan fingerprint density at radius 3 is 1.18 bits per heavy atom. The molecule has 0 saturated carbocycles. The maximum absolute atomic E-state index is 10.0. The molecule has 0 aromatic rings. The molecule has 0 rings (SSSR count). The highest BCUT2D eigenvalue weighted by molar-refractivity contribution is 6.59. The lowest BCUT2D eigenvalue weighted by molar-refractivity contribution is -0.164. The Morgan fingerprint density at radius 2 is 1.00 bits per heavy atom. The molecule has 0 amide bonds. The third kappa shape index (κ3) is 29.5. The molecule has 9 nitrogen and oxygen atoms in total. The third-order valence-corrected chi connectivity index (χ3v) is 5.28. The fraction of sp³-hybridized carbons (Fsp3) is 0.824. The average Bonchev–Trinajstić information content (AvgIpc) is 2.63. The Hall–Kier alpha value is -1.28. The second kappa shape index (κ2) is 22.0. The van der Waals surface area contributed by atoms with Crippen molar-refractivity contribution < 1.29 is 41.6 Å². The van der Waals surface area contributed by atoms with Gasteiger partial charge in [-0.3, -0.25) is 14.4 Å². The number of rotatable bonds is 11. The number of hydrogen-bond acceptors (Lipinski definition) is 9. The molecule has 0 fully saturated rings. The van der Waals surface area contributed by atoms with Crippen LogP contribution in [0, 0.1) is 0 Å². The maximum Gasteiger partial charge on any atom is 0.497 e. The lowest BCUT2D eigenvalue weighted by atomic mass is 10.5. The predicted molar refractivity (Wildman–Crippen MR) is 110 cm³/mol. The minimum Gasteiger partial charge on any atom is -0.529 e.